The van der Waals surface area contributed by atoms with E-state index in [-0.39, 0.29) is 12.6 Å². The number of benzene rings is 1. The summed E-state index contributed by atoms with van der Waals surface area (Å²) in [4.78, 5) is 10.6. The molecule has 0 aliphatic rings. The Bertz CT molecular complexity index is 649. The first-order valence-corrected chi connectivity index (χ1v) is 12.9. The summed E-state index contributed by atoms with van der Waals surface area (Å²) < 4.78 is 53.5. The zero-order chi connectivity index (χ0) is 27.4. The van der Waals surface area contributed by atoms with Gasteiger partial charge < -0.3 is 53.1 Å². The van der Waals surface area contributed by atoms with Gasteiger partial charge in [0.25, 0.3) is 0 Å². The molecule has 1 aromatic rings. The predicted octanol–water partition coefficient (Wildman–Crippen LogP) is 1.34. The maximum atomic E-state index is 10.6. The monoisotopic (exact) mass is 547 g/mol. The third-order valence-corrected chi connectivity index (χ3v) is 4.51. The quantitative estimate of drug-likeness (QED) is 0.0921. The Morgan fingerprint density at radius 3 is 1.11 bits per heavy atom. The van der Waals surface area contributed by atoms with Crippen LogP contribution in [-0.2, 0) is 47.4 Å². The SMILES string of the molecule is CC(=O)OCCOCCOCCOCCOCCOCCOCCOCCOCCOc1ccc(N)cc1. The molecule has 0 unspecified atom stereocenters. The van der Waals surface area contributed by atoms with Crippen LogP contribution in [0.5, 0.6) is 5.75 Å². The Hall–Kier alpha value is -2.03. The Morgan fingerprint density at radius 2 is 0.789 bits per heavy atom. The minimum absolute atomic E-state index is 0.259. The smallest absolute Gasteiger partial charge is 0.302 e. The van der Waals surface area contributed by atoms with E-state index < -0.39 is 0 Å². The van der Waals surface area contributed by atoms with Crippen molar-refractivity contribution in [3.05, 3.63) is 24.3 Å². The molecule has 0 aliphatic carbocycles. The van der Waals surface area contributed by atoms with Crippen molar-refractivity contribution >= 4 is 11.7 Å². The number of hydrogen-bond acceptors (Lipinski definition) is 12. The fraction of sp³-hybridized carbons (Fsp3) is 0.731. The molecule has 12 nitrogen and oxygen atoms in total. The second kappa shape index (κ2) is 26.6. The van der Waals surface area contributed by atoms with Gasteiger partial charge in [-0.2, -0.15) is 0 Å². The van der Waals surface area contributed by atoms with Crippen LogP contribution in [0, 0.1) is 0 Å². The first-order valence-electron chi connectivity index (χ1n) is 12.9. The van der Waals surface area contributed by atoms with Gasteiger partial charge in [0.1, 0.15) is 19.0 Å². The highest BCUT2D eigenvalue weighted by atomic mass is 16.6. The van der Waals surface area contributed by atoms with Gasteiger partial charge in [0, 0.05) is 12.6 Å². The largest absolute Gasteiger partial charge is 0.491 e. The first kappa shape index (κ1) is 34.0. The molecule has 220 valence electrons. The molecule has 0 bridgehead atoms. The van der Waals surface area contributed by atoms with Crippen LogP contribution in [0.1, 0.15) is 6.92 Å². The molecule has 0 spiro atoms. The zero-order valence-electron chi connectivity index (χ0n) is 22.6. The molecule has 1 rings (SSSR count). The maximum absolute atomic E-state index is 10.6. The van der Waals surface area contributed by atoms with E-state index in [1.807, 2.05) is 12.1 Å². The molecule has 0 fully saturated rings. The van der Waals surface area contributed by atoms with Gasteiger partial charge in [-0.05, 0) is 24.3 Å². The van der Waals surface area contributed by atoms with Gasteiger partial charge in [0.2, 0.25) is 0 Å². The molecule has 0 saturated heterocycles. The number of nitrogen functional groups attached to an aromatic ring is 1. The van der Waals surface area contributed by atoms with Crippen molar-refractivity contribution in [2.75, 3.05) is 125 Å². The van der Waals surface area contributed by atoms with E-state index in [9.17, 15) is 4.79 Å². The summed E-state index contributed by atoms with van der Waals surface area (Å²) in [6.45, 7) is 9.85. The van der Waals surface area contributed by atoms with Crippen LogP contribution in [0.15, 0.2) is 24.3 Å². The van der Waals surface area contributed by atoms with Crippen molar-refractivity contribution in [2.45, 2.75) is 6.92 Å². The number of esters is 1. The Labute approximate surface area is 225 Å². The average Bonchev–Trinajstić information content (AvgIpc) is 2.91. The average molecular weight is 548 g/mol. The number of rotatable bonds is 28. The van der Waals surface area contributed by atoms with Gasteiger partial charge in [0.05, 0.1) is 106 Å². The van der Waals surface area contributed by atoms with Crippen molar-refractivity contribution in [3.63, 3.8) is 0 Å². The fourth-order valence-corrected chi connectivity index (χ4v) is 2.67. The highest BCUT2D eigenvalue weighted by Crippen LogP contribution is 2.12. The van der Waals surface area contributed by atoms with Crippen molar-refractivity contribution in [1.29, 1.82) is 0 Å². The summed E-state index contributed by atoms with van der Waals surface area (Å²) in [7, 11) is 0. The lowest BCUT2D eigenvalue weighted by molar-refractivity contribution is -0.142. The highest BCUT2D eigenvalue weighted by molar-refractivity contribution is 5.65. The van der Waals surface area contributed by atoms with Crippen LogP contribution in [0.25, 0.3) is 0 Å². The van der Waals surface area contributed by atoms with E-state index in [0.717, 1.165) is 5.75 Å². The van der Waals surface area contributed by atoms with Crippen LogP contribution in [0.3, 0.4) is 0 Å². The number of hydrogen-bond donors (Lipinski definition) is 1. The number of nitrogens with two attached hydrogens (primary N) is 1. The van der Waals surface area contributed by atoms with Crippen molar-refractivity contribution in [2.24, 2.45) is 0 Å². The summed E-state index contributed by atoms with van der Waals surface area (Å²) in [6, 6.07) is 7.25. The maximum Gasteiger partial charge on any atom is 0.302 e. The molecular formula is C26H45NO11. The van der Waals surface area contributed by atoms with Crippen LogP contribution >= 0.6 is 0 Å². The van der Waals surface area contributed by atoms with Gasteiger partial charge >= 0.3 is 5.97 Å². The van der Waals surface area contributed by atoms with E-state index >= 15 is 0 Å². The lowest BCUT2D eigenvalue weighted by Gasteiger charge is -2.09. The molecular weight excluding hydrogens is 502 g/mol. The van der Waals surface area contributed by atoms with Gasteiger partial charge in [-0.25, -0.2) is 0 Å². The van der Waals surface area contributed by atoms with Crippen LogP contribution < -0.4 is 10.5 Å². The molecule has 0 heterocycles. The van der Waals surface area contributed by atoms with Gasteiger partial charge in [-0.3, -0.25) is 4.79 Å². The number of anilines is 1. The Kier molecular flexibility index (Phi) is 23.8. The molecule has 0 aliphatic heterocycles. The topological polar surface area (TPSA) is 135 Å². The molecule has 0 aromatic heterocycles. The number of ether oxygens (including phenoxy) is 10. The first-order chi connectivity index (χ1) is 18.7. The molecule has 0 radical (unpaired) electrons. The molecule has 2 N–H and O–H groups in total. The zero-order valence-corrected chi connectivity index (χ0v) is 22.6. The van der Waals surface area contributed by atoms with Gasteiger partial charge in [-0.1, -0.05) is 0 Å². The molecule has 0 saturated carbocycles. The standard InChI is InChI=1S/C26H45NO11/c1-24(28)37-22-20-35-18-16-33-14-12-31-10-8-29-6-7-30-9-11-32-13-15-34-17-19-36-21-23-38-26-4-2-25(27)3-5-26/h2-5H,6-23,27H2,1H3. The van der Waals surface area contributed by atoms with Crippen molar-refractivity contribution in [1.82, 2.24) is 0 Å². The Morgan fingerprint density at radius 1 is 0.500 bits per heavy atom. The molecule has 1 aromatic carbocycles. The third kappa shape index (κ3) is 24.3. The molecule has 0 atom stereocenters. The van der Waals surface area contributed by atoms with E-state index in [1.54, 1.807) is 12.1 Å². The van der Waals surface area contributed by atoms with E-state index in [1.165, 1.54) is 6.92 Å². The third-order valence-electron chi connectivity index (χ3n) is 4.51. The van der Waals surface area contributed by atoms with Crippen molar-refractivity contribution in [3.8, 4) is 5.75 Å². The molecule has 0 amide bonds. The summed E-state index contributed by atoms with van der Waals surface area (Å²) in [5.41, 5.74) is 6.34. The van der Waals surface area contributed by atoms with Crippen molar-refractivity contribution < 1.29 is 52.2 Å². The summed E-state index contributed by atoms with van der Waals surface area (Å²) in [5, 5.41) is 0. The second-order valence-corrected chi connectivity index (χ2v) is 7.66. The summed E-state index contributed by atoms with van der Waals surface area (Å²) >= 11 is 0. The van der Waals surface area contributed by atoms with Crippen LogP contribution in [0.4, 0.5) is 5.69 Å². The minimum atomic E-state index is -0.311. The van der Waals surface area contributed by atoms with Gasteiger partial charge in [-0.15, -0.1) is 0 Å². The van der Waals surface area contributed by atoms with Crippen LogP contribution in [0.2, 0.25) is 0 Å². The number of carbonyl (C=O) groups is 1. The molecule has 12 heteroatoms. The minimum Gasteiger partial charge on any atom is -0.491 e. The fourth-order valence-electron chi connectivity index (χ4n) is 2.67. The normalized spacial score (nSPS) is 11.1. The van der Waals surface area contributed by atoms with Gasteiger partial charge in [0.15, 0.2) is 0 Å². The summed E-state index contributed by atoms with van der Waals surface area (Å²) in [6.07, 6.45) is 0. The summed E-state index contributed by atoms with van der Waals surface area (Å²) in [5.74, 6) is 0.459. The highest BCUT2D eigenvalue weighted by Gasteiger charge is 1.97. The van der Waals surface area contributed by atoms with E-state index in [2.05, 4.69) is 0 Å². The lowest BCUT2D eigenvalue weighted by atomic mass is 10.3. The van der Waals surface area contributed by atoms with E-state index in [0.29, 0.717) is 118 Å². The lowest BCUT2D eigenvalue weighted by Crippen LogP contribution is -2.15. The number of carbonyl (C=O) groups excluding carboxylic acids is 1. The Balaban J connectivity index is 1.65. The molecule has 38 heavy (non-hydrogen) atoms. The van der Waals surface area contributed by atoms with Crippen LogP contribution in [-0.4, -0.2) is 125 Å². The van der Waals surface area contributed by atoms with E-state index in [4.69, 9.17) is 53.1 Å². The second-order valence-electron chi connectivity index (χ2n) is 7.66. The predicted molar refractivity (Wildman–Crippen MR) is 140 cm³/mol.